The van der Waals surface area contributed by atoms with Crippen LogP contribution in [0.5, 0.6) is 0 Å². The minimum atomic E-state index is -0.243. The van der Waals surface area contributed by atoms with Crippen LogP contribution in [0.15, 0.2) is 53.2 Å². The van der Waals surface area contributed by atoms with Crippen LogP contribution in [0.3, 0.4) is 0 Å². The topological polar surface area (TPSA) is 83.3 Å². The molecule has 2 N–H and O–H groups in total. The highest BCUT2D eigenvalue weighted by atomic mass is 16.5. The second-order valence-corrected chi connectivity index (χ2v) is 6.58. The predicted octanol–water partition coefficient (Wildman–Crippen LogP) is 3.97. The molecule has 0 atom stereocenters. The predicted molar refractivity (Wildman–Crippen MR) is 105 cm³/mol. The van der Waals surface area contributed by atoms with Gasteiger partial charge in [-0.25, -0.2) is 4.98 Å². The number of amides is 1. The lowest BCUT2D eigenvalue weighted by Crippen LogP contribution is -2.17. The maximum atomic E-state index is 12.4. The molecular formula is C20H21N5O2. The molecule has 1 saturated heterocycles. The third kappa shape index (κ3) is 4.08. The lowest BCUT2D eigenvalue weighted by molar-refractivity contribution is 0.102. The molecule has 0 radical (unpaired) electrons. The molecule has 2 aromatic heterocycles. The minimum Gasteiger partial charge on any atom is -0.372 e. The van der Waals surface area contributed by atoms with Crippen molar-refractivity contribution in [3.63, 3.8) is 0 Å². The maximum absolute atomic E-state index is 12.4. The molecule has 3 aromatic rings. The number of aromatic nitrogens is 2. The number of nitrogens with one attached hydrogen (secondary N) is 2. The van der Waals surface area contributed by atoms with Gasteiger partial charge in [-0.3, -0.25) is 4.79 Å². The highest BCUT2D eigenvalue weighted by Gasteiger charge is 2.13. The van der Waals surface area contributed by atoms with Crippen LogP contribution in [0.1, 0.15) is 29.1 Å². The van der Waals surface area contributed by atoms with E-state index in [0.29, 0.717) is 11.5 Å². The average Bonchev–Trinajstić information content (AvgIpc) is 3.35. The van der Waals surface area contributed by atoms with E-state index in [1.54, 1.807) is 24.4 Å². The Kier molecular flexibility index (Phi) is 4.74. The fraction of sp³-hybridized carbons (Fsp3) is 0.250. The molecule has 0 unspecified atom stereocenters. The van der Waals surface area contributed by atoms with E-state index in [2.05, 4.69) is 25.7 Å². The molecule has 7 nitrogen and oxygen atoms in total. The molecule has 3 heterocycles. The molecule has 0 spiro atoms. The van der Waals surface area contributed by atoms with Crippen LogP contribution in [0, 0.1) is 6.92 Å². The standard InChI is InChI=1S/C20H21N5O2/c1-14-12-19(24-27-14)22-16-6-9-18(21-13-16)20(26)23-15-4-7-17(8-5-15)25-10-2-3-11-25/h4-9,12-13H,2-3,10-11H2,1H3,(H,22,24)(H,23,26). The van der Waals surface area contributed by atoms with Gasteiger partial charge in [-0.05, 0) is 56.2 Å². The van der Waals surface area contributed by atoms with Crippen LogP contribution in [0.25, 0.3) is 0 Å². The van der Waals surface area contributed by atoms with E-state index in [-0.39, 0.29) is 5.91 Å². The van der Waals surface area contributed by atoms with Gasteiger partial charge in [0.25, 0.3) is 5.91 Å². The zero-order valence-corrected chi connectivity index (χ0v) is 15.1. The Morgan fingerprint density at radius 3 is 2.44 bits per heavy atom. The quantitative estimate of drug-likeness (QED) is 0.713. The summed E-state index contributed by atoms with van der Waals surface area (Å²) in [5.41, 5.74) is 3.03. The van der Waals surface area contributed by atoms with Gasteiger partial charge in [-0.15, -0.1) is 0 Å². The Labute approximate surface area is 157 Å². The first-order chi connectivity index (χ1) is 13.2. The average molecular weight is 363 g/mol. The molecule has 0 bridgehead atoms. The van der Waals surface area contributed by atoms with Crippen LogP contribution in [-0.2, 0) is 0 Å². The van der Waals surface area contributed by atoms with Crippen molar-refractivity contribution in [3.05, 3.63) is 60.1 Å². The number of rotatable bonds is 5. The summed E-state index contributed by atoms with van der Waals surface area (Å²) in [4.78, 5) is 19.0. The van der Waals surface area contributed by atoms with Crippen LogP contribution < -0.4 is 15.5 Å². The van der Waals surface area contributed by atoms with Crippen molar-refractivity contribution in [2.45, 2.75) is 19.8 Å². The summed E-state index contributed by atoms with van der Waals surface area (Å²) >= 11 is 0. The van der Waals surface area contributed by atoms with Crippen molar-refractivity contribution >= 4 is 28.8 Å². The van der Waals surface area contributed by atoms with Gasteiger partial charge < -0.3 is 20.1 Å². The largest absolute Gasteiger partial charge is 0.372 e. The lowest BCUT2D eigenvalue weighted by atomic mass is 10.2. The Balaban J connectivity index is 1.37. The summed E-state index contributed by atoms with van der Waals surface area (Å²) in [6.45, 7) is 4.02. The highest BCUT2D eigenvalue weighted by molar-refractivity contribution is 6.03. The van der Waals surface area contributed by atoms with Gasteiger partial charge in [0.05, 0.1) is 11.9 Å². The first-order valence-corrected chi connectivity index (χ1v) is 9.00. The third-order valence-electron chi connectivity index (χ3n) is 4.49. The van der Waals surface area contributed by atoms with Crippen molar-refractivity contribution in [2.24, 2.45) is 0 Å². The number of nitrogens with zero attached hydrogens (tertiary/aromatic N) is 3. The van der Waals surface area contributed by atoms with Crippen LogP contribution in [-0.4, -0.2) is 29.1 Å². The normalized spacial score (nSPS) is 13.6. The summed E-state index contributed by atoms with van der Waals surface area (Å²) in [7, 11) is 0. The Hall–Kier alpha value is -3.35. The summed E-state index contributed by atoms with van der Waals surface area (Å²) < 4.78 is 5.01. The molecule has 138 valence electrons. The van der Waals surface area contributed by atoms with Crippen LogP contribution in [0.2, 0.25) is 0 Å². The third-order valence-corrected chi connectivity index (χ3v) is 4.49. The molecule has 0 aliphatic carbocycles. The van der Waals surface area contributed by atoms with Gasteiger partial charge in [-0.2, -0.15) is 0 Å². The van der Waals surface area contributed by atoms with Crippen molar-refractivity contribution in [2.75, 3.05) is 28.6 Å². The first-order valence-electron chi connectivity index (χ1n) is 9.00. The molecule has 1 aliphatic heterocycles. The highest BCUT2D eigenvalue weighted by Crippen LogP contribution is 2.22. The molecule has 1 fully saturated rings. The molecule has 1 aromatic carbocycles. The molecule has 1 aliphatic rings. The molecule has 1 amide bonds. The van der Waals surface area contributed by atoms with E-state index in [4.69, 9.17) is 4.52 Å². The number of anilines is 4. The van der Waals surface area contributed by atoms with E-state index in [9.17, 15) is 4.79 Å². The number of pyridine rings is 1. The SMILES string of the molecule is Cc1cc(Nc2ccc(C(=O)Nc3ccc(N4CCCC4)cc3)nc2)no1. The van der Waals surface area contributed by atoms with Gasteiger partial charge in [0.1, 0.15) is 11.5 Å². The number of carbonyl (C=O) groups excluding carboxylic acids is 1. The van der Waals surface area contributed by atoms with Crippen molar-refractivity contribution in [1.82, 2.24) is 10.1 Å². The maximum Gasteiger partial charge on any atom is 0.274 e. The second kappa shape index (κ2) is 7.49. The fourth-order valence-electron chi connectivity index (χ4n) is 3.10. The molecule has 4 rings (SSSR count). The summed E-state index contributed by atoms with van der Waals surface area (Å²) in [6, 6.07) is 13.2. The summed E-state index contributed by atoms with van der Waals surface area (Å²) in [5, 5.41) is 9.81. The van der Waals surface area contributed by atoms with Gasteiger partial charge in [-0.1, -0.05) is 5.16 Å². The number of benzene rings is 1. The molecule has 7 heteroatoms. The van der Waals surface area contributed by atoms with Crippen LogP contribution in [0.4, 0.5) is 22.9 Å². The van der Waals surface area contributed by atoms with Crippen LogP contribution >= 0.6 is 0 Å². The zero-order valence-electron chi connectivity index (χ0n) is 15.1. The summed E-state index contributed by atoms with van der Waals surface area (Å²) in [5.74, 6) is 1.08. The Bertz CT molecular complexity index is 912. The Morgan fingerprint density at radius 1 is 1.07 bits per heavy atom. The van der Waals surface area contributed by atoms with E-state index in [1.807, 2.05) is 31.2 Å². The van der Waals surface area contributed by atoms with Gasteiger partial charge in [0, 0.05) is 30.5 Å². The molecule has 0 saturated carbocycles. The molecule has 27 heavy (non-hydrogen) atoms. The van der Waals surface area contributed by atoms with E-state index >= 15 is 0 Å². The first kappa shape index (κ1) is 17.1. The zero-order chi connectivity index (χ0) is 18.6. The summed E-state index contributed by atoms with van der Waals surface area (Å²) in [6.07, 6.45) is 4.08. The number of carbonyl (C=O) groups is 1. The van der Waals surface area contributed by atoms with Crippen molar-refractivity contribution < 1.29 is 9.32 Å². The fourth-order valence-corrected chi connectivity index (χ4v) is 3.10. The van der Waals surface area contributed by atoms with Gasteiger partial charge in [0.2, 0.25) is 0 Å². The van der Waals surface area contributed by atoms with E-state index in [0.717, 1.165) is 30.2 Å². The smallest absolute Gasteiger partial charge is 0.274 e. The molecular weight excluding hydrogens is 342 g/mol. The van der Waals surface area contributed by atoms with Crippen molar-refractivity contribution in [1.29, 1.82) is 0 Å². The van der Waals surface area contributed by atoms with Gasteiger partial charge in [0.15, 0.2) is 5.82 Å². The number of aryl methyl sites for hydroxylation is 1. The monoisotopic (exact) mass is 363 g/mol. The van der Waals surface area contributed by atoms with E-state index < -0.39 is 0 Å². The number of hydrogen-bond acceptors (Lipinski definition) is 6. The number of hydrogen-bond donors (Lipinski definition) is 2. The van der Waals surface area contributed by atoms with Crippen molar-refractivity contribution in [3.8, 4) is 0 Å². The lowest BCUT2D eigenvalue weighted by Gasteiger charge is -2.17. The Morgan fingerprint density at radius 2 is 1.81 bits per heavy atom. The van der Waals surface area contributed by atoms with Gasteiger partial charge >= 0.3 is 0 Å². The second-order valence-electron chi connectivity index (χ2n) is 6.58. The van der Waals surface area contributed by atoms with E-state index in [1.165, 1.54) is 18.5 Å². The minimum absolute atomic E-state index is 0.243.